The third kappa shape index (κ3) is 6.31. The summed E-state index contributed by atoms with van der Waals surface area (Å²) in [5, 5.41) is 2.31. The molecule has 0 spiro atoms. The van der Waals surface area contributed by atoms with Crippen LogP contribution in [-0.2, 0) is 20.9 Å². The topological polar surface area (TPSA) is 58.6 Å². The first-order chi connectivity index (χ1) is 9.90. The lowest BCUT2D eigenvalue weighted by atomic mass is 10.2. The molecule has 0 fully saturated rings. The van der Waals surface area contributed by atoms with Crippen LogP contribution in [0.3, 0.4) is 0 Å². The van der Waals surface area contributed by atoms with Gasteiger partial charge in [0.15, 0.2) is 0 Å². The number of amides is 2. The van der Waals surface area contributed by atoms with Crippen molar-refractivity contribution < 1.29 is 23.1 Å². The Bertz CT molecular complexity index is 469. The Balaban J connectivity index is 2.66. The number of carbonyl (C=O) groups is 2. The minimum Gasteiger partial charge on any atom is -0.343 e. The van der Waals surface area contributed by atoms with Crippen molar-refractivity contribution in [1.82, 2.24) is 10.2 Å². The van der Waals surface area contributed by atoms with E-state index in [0.29, 0.717) is 6.54 Å². The van der Waals surface area contributed by atoms with Gasteiger partial charge in [-0.3, -0.25) is 9.59 Å². The van der Waals surface area contributed by atoms with E-state index in [9.17, 15) is 18.4 Å². The standard InChI is InChI=1S/C14H18F2N2O3/c1-10(19)17-12(9-21-14(15)16)13(20)18(2)8-11-6-4-3-5-7-11/h3-7,12,14H,8-9H2,1-2H3,(H,17,19). The number of nitrogens with one attached hydrogen (secondary N) is 1. The van der Waals surface area contributed by atoms with Gasteiger partial charge in [0.25, 0.3) is 0 Å². The van der Waals surface area contributed by atoms with Gasteiger partial charge in [-0.2, -0.15) is 8.78 Å². The second-order valence-electron chi connectivity index (χ2n) is 4.53. The highest BCUT2D eigenvalue weighted by Gasteiger charge is 2.24. The molecule has 0 radical (unpaired) electrons. The van der Waals surface area contributed by atoms with Crippen molar-refractivity contribution in [2.45, 2.75) is 26.1 Å². The van der Waals surface area contributed by atoms with Crippen LogP contribution < -0.4 is 5.32 Å². The van der Waals surface area contributed by atoms with E-state index in [1.165, 1.54) is 18.9 Å². The van der Waals surface area contributed by atoms with Gasteiger partial charge in [-0.25, -0.2) is 0 Å². The lowest BCUT2D eigenvalue weighted by molar-refractivity contribution is -0.151. The maximum atomic E-state index is 12.2. The van der Waals surface area contributed by atoms with Gasteiger partial charge in [0.2, 0.25) is 11.8 Å². The van der Waals surface area contributed by atoms with Crippen molar-refractivity contribution in [3.8, 4) is 0 Å². The van der Waals surface area contributed by atoms with E-state index in [1.54, 1.807) is 0 Å². The first-order valence-corrected chi connectivity index (χ1v) is 6.36. The van der Waals surface area contributed by atoms with E-state index >= 15 is 0 Å². The Morgan fingerprint density at radius 2 is 1.90 bits per heavy atom. The number of rotatable bonds is 7. The van der Waals surface area contributed by atoms with E-state index in [4.69, 9.17) is 0 Å². The lowest BCUT2D eigenvalue weighted by Gasteiger charge is -2.24. The molecule has 0 aliphatic rings. The molecule has 1 unspecified atom stereocenters. The molecule has 2 amide bonds. The summed E-state index contributed by atoms with van der Waals surface area (Å²) in [5.41, 5.74) is 0.893. The maximum absolute atomic E-state index is 12.2. The Morgan fingerprint density at radius 1 is 1.29 bits per heavy atom. The normalized spacial score (nSPS) is 12.0. The number of halogens is 2. The fourth-order valence-corrected chi connectivity index (χ4v) is 1.79. The molecule has 0 aromatic heterocycles. The van der Waals surface area contributed by atoms with Gasteiger partial charge in [-0.15, -0.1) is 0 Å². The molecule has 0 bridgehead atoms. The van der Waals surface area contributed by atoms with Crippen molar-refractivity contribution in [1.29, 1.82) is 0 Å². The van der Waals surface area contributed by atoms with Crippen molar-refractivity contribution in [2.24, 2.45) is 0 Å². The van der Waals surface area contributed by atoms with E-state index < -0.39 is 31.1 Å². The number of ether oxygens (including phenoxy) is 1. The van der Waals surface area contributed by atoms with Gasteiger partial charge in [-0.1, -0.05) is 30.3 Å². The second kappa shape index (κ2) is 8.31. The highest BCUT2D eigenvalue weighted by Crippen LogP contribution is 2.06. The van der Waals surface area contributed by atoms with Gasteiger partial charge in [-0.05, 0) is 5.56 Å². The Kier molecular flexibility index (Phi) is 6.74. The third-order valence-electron chi connectivity index (χ3n) is 2.70. The van der Waals surface area contributed by atoms with Crippen LogP contribution in [0.25, 0.3) is 0 Å². The number of hydrogen-bond donors (Lipinski definition) is 1. The number of alkyl halides is 2. The maximum Gasteiger partial charge on any atom is 0.345 e. The SMILES string of the molecule is CC(=O)NC(COC(F)F)C(=O)N(C)Cc1ccccc1. The number of likely N-dealkylation sites (N-methyl/N-ethyl adjacent to an activating group) is 1. The van der Waals surface area contributed by atoms with Crippen molar-refractivity contribution in [3.05, 3.63) is 35.9 Å². The summed E-state index contributed by atoms with van der Waals surface area (Å²) in [7, 11) is 1.53. The Morgan fingerprint density at radius 3 is 2.43 bits per heavy atom. The number of benzene rings is 1. The molecule has 21 heavy (non-hydrogen) atoms. The van der Waals surface area contributed by atoms with Gasteiger partial charge in [0.05, 0.1) is 6.61 Å². The monoisotopic (exact) mass is 300 g/mol. The zero-order valence-electron chi connectivity index (χ0n) is 11.9. The fraction of sp³-hybridized carbons (Fsp3) is 0.429. The molecule has 1 atom stereocenters. The van der Waals surface area contributed by atoms with Crippen LogP contribution in [0.5, 0.6) is 0 Å². The smallest absolute Gasteiger partial charge is 0.343 e. The highest BCUT2D eigenvalue weighted by molar-refractivity contribution is 5.86. The first-order valence-electron chi connectivity index (χ1n) is 6.36. The van der Waals surface area contributed by atoms with Gasteiger partial charge in [0.1, 0.15) is 6.04 Å². The largest absolute Gasteiger partial charge is 0.345 e. The van der Waals surface area contributed by atoms with Crippen LogP contribution in [0.15, 0.2) is 30.3 Å². The number of hydrogen-bond acceptors (Lipinski definition) is 3. The first kappa shape index (κ1) is 17.0. The number of carbonyl (C=O) groups excluding carboxylic acids is 2. The summed E-state index contributed by atoms with van der Waals surface area (Å²) in [5.74, 6) is -0.978. The lowest BCUT2D eigenvalue weighted by Crippen LogP contribution is -2.49. The molecule has 116 valence electrons. The van der Waals surface area contributed by atoms with Crippen LogP contribution in [0.2, 0.25) is 0 Å². The van der Waals surface area contributed by atoms with Crippen molar-refractivity contribution in [2.75, 3.05) is 13.7 Å². The number of nitrogens with zero attached hydrogens (tertiary/aromatic N) is 1. The summed E-state index contributed by atoms with van der Waals surface area (Å²) >= 11 is 0. The minimum absolute atomic E-state index is 0.310. The Hall–Kier alpha value is -2.02. The summed E-state index contributed by atoms with van der Waals surface area (Å²) < 4.78 is 28.3. The molecule has 1 aromatic carbocycles. The zero-order chi connectivity index (χ0) is 15.8. The fourth-order valence-electron chi connectivity index (χ4n) is 1.79. The summed E-state index contributed by atoms with van der Waals surface area (Å²) in [6, 6.07) is 8.06. The molecule has 0 saturated carbocycles. The minimum atomic E-state index is -2.99. The van der Waals surface area contributed by atoms with Gasteiger partial charge in [0, 0.05) is 20.5 Å². The summed E-state index contributed by atoms with van der Waals surface area (Å²) in [6.07, 6.45) is 0. The van der Waals surface area contributed by atoms with Crippen LogP contribution in [0, 0.1) is 0 Å². The molecule has 1 rings (SSSR count). The molecule has 0 saturated heterocycles. The Labute approximate surface area is 121 Å². The molecule has 7 heteroatoms. The molecule has 0 heterocycles. The highest BCUT2D eigenvalue weighted by atomic mass is 19.3. The van der Waals surface area contributed by atoms with E-state index in [0.717, 1.165) is 5.56 Å². The van der Waals surface area contributed by atoms with Crippen LogP contribution in [0.1, 0.15) is 12.5 Å². The molecular weight excluding hydrogens is 282 g/mol. The zero-order valence-corrected chi connectivity index (χ0v) is 11.9. The molecule has 1 N–H and O–H groups in total. The second-order valence-corrected chi connectivity index (χ2v) is 4.53. The van der Waals surface area contributed by atoms with Gasteiger partial charge >= 0.3 is 6.61 Å². The predicted octanol–water partition coefficient (Wildman–Crippen LogP) is 1.39. The molecule has 0 aliphatic heterocycles. The van der Waals surface area contributed by atoms with Crippen LogP contribution in [0.4, 0.5) is 8.78 Å². The predicted molar refractivity (Wildman–Crippen MR) is 72.5 cm³/mol. The molecule has 5 nitrogen and oxygen atoms in total. The molecular formula is C14H18F2N2O3. The molecule has 1 aromatic rings. The van der Waals surface area contributed by atoms with E-state index in [2.05, 4.69) is 10.1 Å². The average molecular weight is 300 g/mol. The van der Waals surface area contributed by atoms with Gasteiger partial charge < -0.3 is 15.0 Å². The van der Waals surface area contributed by atoms with Crippen LogP contribution >= 0.6 is 0 Å². The summed E-state index contributed by atoms with van der Waals surface area (Å²) in [4.78, 5) is 24.6. The molecule has 0 aliphatic carbocycles. The quantitative estimate of drug-likeness (QED) is 0.828. The third-order valence-corrected chi connectivity index (χ3v) is 2.70. The van der Waals surface area contributed by atoms with Crippen LogP contribution in [-0.4, -0.2) is 43.0 Å². The van der Waals surface area contributed by atoms with Crippen molar-refractivity contribution >= 4 is 11.8 Å². The van der Waals surface area contributed by atoms with Crippen molar-refractivity contribution in [3.63, 3.8) is 0 Å². The van der Waals surface area contributed by atoms with E-state index in [1.807, 2.05) is 30.3 Å². The summed E-state index contributed by atoms with van der Waals surface area (Å²) in [6.45, 7) is -2.05. The van der Waals surface area contributed by atoms with E-state index in [-0.39, 0.29) is 0 Å². The average Bonchev–Trinajstić information content (AvgIpc) is 2.43.